The van der Waals surface area contributed by atoms with Crippen molar-refractivity contribution in [3.05, 3.63) is 36.2 Å². The molecule has 0 radical (unpaired) electrons. The van der Waals surface area contributed by atoms with Gasteiger partial charge in [-0.3, -0.25) is 0 Å². The lowest BCUT2D eigenvalue weighted by Gasteiger charge is -2.40. The third-order valence-corrected chi connectivity index (χ3v) is 5.68. The number of nitrogens with one attached hydrogen (secondary N) is 1. The molecule has 0 aromatic carbocycles. The van der Waals surface area contributed by atoms with Crippen LogP contribution in [0.5, 0.6) is 0 Å². The van der Waals surface area contributed by atoms with Gasteiger partial charge in [-0.15, -0.1) is 15.3 Å². The smallest absolute Gasteiger partial charge is 0.178 e. The van der Waals surface area contributed by atoms with Gasteiger partial charge >= 0.3 is 0 Å². The molecule has 1 saturated carbocycles. The highest BCUT2D eigenvalue weighted by Crippen LogP contribution is 2.35. The van der Waals surface area contributed by atoms with Crippen molar-refractivity contribution in [1.29, 1.82) is 0 Å². The second-order valence-electron chi connectivity index (χ2n) is 7.55. The molecule has 1 N–H and O–H groups in total. The van der Waals surface area contributed by atoms with Gasteiger partial charge in [-0.2, -0.15) is 4.52 Å². The first-order valence-electron chi connectivity index (χ1n) is 9.41. The maximum Gasteiger partial charge on any atom is 0.178 e. The number of rotatable bonds is 6. The number of hydrogen-bond donors (Lipinski definition) is 1. The minimum atomic E-state index is 0.535. The quantitative estimate of drug-likeness (QED) is 0.722. The Bertz CT molecular complexity index is 903. The van der Waals surface area contributed by atoms with Crippen LogP contribution in [0.2, 0.25) is 0 Å². The minimum absolute atomic E-state index is 0.535. The summed E-state index contributed by atoms with van der Waals surface area (Å²) in [5.74, 6) is 3.25. The molecular formula is C18H24N8. The average Bonchev–Trinajstić information content (AvgIpc) is 3.15. The summed E-state index contributed by atoms with van der Waals surface area (Å²) in [6.07, 6.45) is 7.46. The number of aryl methyl sites for hydroxylation is 1. The Morgan fingerprint density at radius 2 is 2.08 bits per heavy atom. The summed E-state index contributed by atoms with van der Waals surface area (Å²) in [6.45, 7) is 3.96. The molecule has 0 atom stereocenters. The van der Waals surface area contributed by atoms with E-state index in [-0.39, 0.29) is 0 Å². The van der Waals surface area contributed by atoms with Crippen molar-refractivity contribution >= 4 is 11.5 Å². The molecule has 2 aliphatic rings. The Kier molecular flexibility index (Phi) is 3.85. The fraction of sp³-hybridized carbons (Fsp3) is 0.556. The molecule has 2 fully saturated rings. The van der Waals surface area contributed by atoms with E-state index in [0.717, 1.165) is 43.5 Å². The predicted octanol–water partition coefficient (Wildman–Crippen LogP) is 1.35. The molecule has 0 bridgehead atoms. The number of nitrogens with zero attached hydrogens (tertiary/aromatic N) is 7. The fourth-order valence-corrected chi connectivity index (χ4v) is 3.73. The average molecular weight is 352 g/mol. The second kappa shape index (κ2) is 6.35. The summed E-state index contributed by atoms with van der Waals surface area (Å²) < 4.78 is 4.01. The largest absolute Gasteiger partial charge is 0.354 e. The topological polar surface area (TPSA) is 76.2 Å². The number of imidazole rings is 1. The number of hydrogen-bond acceptors (Lipinski definition) is 6. The zero-order chi connectivity index (χ0) is 17.5. The van der Waals surface area contributed by atoms with Gasteiger partial charge in [0.2, 0.25) is 0 Å². The van der Waals surface area contributed by atoms with E-state index < -0.39 is 0 Å². The van der Waals surface area contributed by atoms with Crippen LogP contribution >= 0.6 is 0 Å². The first kappa shape index (κ1) is 15.7. The fourth-order valence-electron chi connectivity index (χ4n) is 3.73. The monoisotopic (exact) mass is 352 g/mol. The summed E-state index contributed by atoms with van der Waals surface area (Å²) in [5.41, 5.74) is 2.06. The molecule has 3 aromatic rings. The van der Waals surface area contributed by atoms with E-state index in [2.05, 4.69) is 36.0 Å². The molecule has 5 rings (SSSR count). The van der Waals surface area contributed by atoms with Crippen LogP contribution in [0.4, 0.5) is 5.82 Å². The van der Waals surface area contributed by atoms with E-state index in [4.69, 9.17) is 5.10 Å². The highest BCUT2D eigenvalue weighted by Gasteiger charge is 2.29. The first-order chi connectivity index (χ1) is 12.8. The SMILES string of the molecule is Cn1cncc1CNCC1CN(c2ccc3nnc(C4CCC4)n3n2)C1. The van der Waals surface area contributed by atoms with E-state index in [0.29, 0.717) is 11.8 Å². The van der Waals surface area contributed by atoms with Crippen LogP contribution < -0.4 is 10.2 Å². The zero-order valence-electron chi connectivity index (χ0n) is 15.0. The van der Waals surface area contributed by atoms with Gasteiger partial charge in [-0.1, -0.05) is 6.42 Å². The van der Waals surface area contributed by atoms with Gasteiger partial charge in [0.05, 0.1) is 12.0 Å². The molecule has 1 aliphatic heterocycles. The molecule has 26 heavy (non-hydrogen) atoms. The van der Waals surface area contributed by atoms with Gasteiger partial charge in [0.1, 0.15) is 5.82 Å². The van der Waals surface area contributed by atoms with Crippen LogP contribution in [0.25, 0.3) is 5.65 Å². The molecular weight excluding hydrogens is 328 g/mol. The molecule has 8 nitrogen and oxygen atoms in total. The Hall–Kier alpha value is -2.48. The lowest BCUT2D eigenvalue weighted by atomic mass is 9.85. The van der Waals surface area contributed by atoms with Gasteiger partial charge < -0.3 is 14.8 Å². The Labute approximate surface area is 152 Å². The van der Waals surface area contributed by atoms with E-state index in [1.165, 1.54) is 25.0 Å². The van der Waals surface area contributed by atoms with Crippen molar-refractivity contribution in [2.45, 2.75) is 31.7 Å². The summed E-state index contributed by atoms with van der Waals surface area (Å²) >= 11 is 0. The van der Waals surface area contributed by atoms with Crippen LogP contribution in [0.3, 0.4) is 0 Å². The number of anilines is 1. The van der Waals surface area contributed by atoms with Gasteiger partial charge in [0, 0.05) is 51.3 Å². The van der Waals surface area contributed by atoms with Gasteiger partial charge in [0.25, 0.3) is 0 Å². The molecule has 0 unspecified atom stereocenters. The van der Waals surface area contributed by atoms with E-state index >= 15 is 0 Å². The highest BCUT2D eigenvalue weighted by molar-refractivity contribution is 5.47. The van der Waals surface area contributed by atoms with Crippen molar-refractivity contribution in [1.82, 2.24) is 34.7 Å². The third kappa shape index (κ3) is 2.74. The van der Waals surface area contributed by atoms with Crippen LogP contribution in [-0.2, 0) is 13.6 Å². The highest BCUT2D eigenvalue weighted by atomic mass is 15.4. The molecule has 3 aromatic heterocycles. The summed E-state index contributed by atoms with van der Waals surface area (Å²) in [6, 6.07) is 4.10. The second-order valence-corrected chi connectivity index (χ2v) is 7.55. The van der Waals surface area contributed by atoms with Crippen molar-refractivity contribution < 1.29 is 0 Å². The van der Waals surface area contributed by atoms with Crippen LogP contribution in [0.1, 0.15) is 36.7 Å². The lowest BCUT2D eigenvalue weighted by Crippen LogP contribution is -2.51. The Morgan fingerprint density at radius 3 is 2.81 bits per heavy atom. The van der Waals surface area contributed by atoms with Crippen molar-refractivity contribution in [2.75, 3.05) is 24.5 Å². The van der Waals surface area contributed by atoms with Gasteiger partial charge in [0.15, 0.2) is 11.5 Å². The lowest BCUT2D eigenvalue weighted by molar-refractivity contribution is 0.377. The zero-order valence-corrected chi connectivity index (χ0v) is 15.0. The third-order valence-electron chi connectivity index (χ3n) is 5.68. The summed E-state index contributed by atoms with van der Waals surface area (Å²) in [5, 5.41) is 17.0. The van der Waals surface area contributed by atoms with Gasteiger partial charge in [-0.25, -0.2) is 4.98 Å². The Morgan fingerprint density at radius 1 is 1.19 bits per heavy atom. The molecule has 4 heterocycles. The molecule has 136 valence electrons. The molecule has 1 aliphatic carbocycles. The molecule has 0 amide bonds. The minimum Gasteiger partial charge on any atom is -0.354 e. The van der Waals surface area contributed by atoms with Crippen molar-refractivity contribution in [3.63, 3.8) is 0 Å². The standard InChI is InChI=1S/C18H24N8/c1-24-12-20-9-15(24)8-19-7-13-10-25(11-13)17-6-5-16-21-22-18(26(16)23-17)14-3-2-4-14/h5-6,9,12-14,19H,2-4,7-8,10-11H2,1H3. The summed E-state index contributed by atoms with van der Waals surface area (Å²) in [4.78, 5) is 6.48. The maximum atomic E-state index is 4.81. The van der Waals surface area contributed by atoms with Crippen LogP contribution in [0, 0.1) is 5.92 Å². The molecule has 1 saturated heterocycles. The summed E-state index contributed by atoms with van der Waals surface area (Å²) in [7, 11) is 2.03. The predicted molar refractivity (Wildman–Crippen MR) is 98.0 cm³/mol. The maximum absolute atomic E-state index is 4.81. The van der Waals surface area contributed by atoms with Gasteiger partial charge in [-0.05, 0) is 25.0 Å². The van der Waals surface area contributed by atoms with E-state index in [1.54, 1.807) is 0 Å². The number of aromatic nitrogens is 6. The first-order valence-corrected chi connectivity index (χ1v) is 9.41. The normalized spacial score (nSPS) is 18.3. The Balaban J connectivity index is 1.19. The van der Waals surface area contributed by atoms with Crippen molar-refractivity contribution in [2.24, 2.45) is 13.0 Å². The van der Waals surface area contributed by atoms with E-state index in [1.807, 2.05) is 30.2 Å². The van der Waals surface area contributed by atoms with Crippen molar-refractivity contribution in [3.8, 4) is 0 Å². The van der Waals surface area contributed by atoms with E-state index in [9.17, 15) is 0 Å². The molecule has 0 spiro atoms. The van der Waals surface area contributed by atoms with Crippen LogP contribution in [-0.4, -0.2) is 49.0 Å². The van der Waals surface area contributed by atoms with Crippen LogP contribution in [0.15, 0.2) is 24.7 Å². The molecule has 8 heteroatoms. The number of fused-ring (bicyclic) bond motifs is 1.